The minimum absolute atomic E-state index is 0.0332. The van der Waals surface area contributed by atoms with Gasteiger partial charge in [-0.3, -0.25) is 4.99 Å². The molecule has 5 rings (SSSR count). The lowest BCUT2D eigenvalue weighted by molar-refractivity contribution is 0.627. The van der Waals surface area contributed by atoms with Gasteiger partial charge >= 0.3 is 0 Å². The van der Waals surface area contributed by atoms with Gasteiger partial charge in [-0.1, -0.05) is 24.3 Å². The fourth-order valence-corrected chi connectivity index (χ4v) is 4.76. The minimum atomic E-state index is -0.499. The number of nitrogens with zero attached hydrogens (tertiary/aromatic N) is 4. The SMILES string of the molecule is C=NC/C(C#N)=C1/c2cc(F)ccc2-c2ccc3c(c21)-c1ccc(F)cc1C3=C(C#N)C#N. The highest BCUT2D eigenvalue weighted by Crippen LogP contribution is 2.56. The molecule has 0 N–H and O–H groups in total. The third-order valence-corrected chi connectivity index (χ3v) is 5.97. The lowest BCUT2D eigenvalue weighted by Crippen LogP contribution is -1.96. The molecular weight excluding hydrogens is 418 g/mol. The van der Waals surface area contributed by atoms with Crippen molar-refractivity contribution in [3.05, 3.63) is 93.6 Å². The maximum Gasteiger partial charge on any atom is 0.138 e. The van der Waals surface area contributed by atoms with Crippen molar-refractivity contribution in [1.82, 2.24) is 0 Å². The van der Waals surface area contributed by atoms with Crippen LogP contribution < -0.4 is 0 Å². The largest absolute Gasteiger partial charge is 0.295 e. The number of hydrogen-bond donors (Lipinski definition) is 0. The molecule has 0 fully saturated rings. The number of hydrogen-bond acceptors (Lipinski definition) is 4. The smallest absolute Gasteiger partial charge is 0.138 e. The van der Waals surface area contributed by atoms with Crippen molar-refractivity contribution < 1.29 is 8.78 Å². The highest BCUT2D eigenvalue weighted by molar-refractivity contribution is 6.14. The second-order valence-electron chi connectivity index (χ2n) is 7.61. The molecule has 3 aromatic rings. The van der Waals surface area contributed by atoms with E-state index in [9.17, 15) is 24.6 Å². The normalized spacial score (nSPS) is 13.6. The summed E-state index contributed by atoms with van der Waals surface area (Å²) < 4.78 is 28.5. The van der Waals surface area contributed by atoms with E-state index in [4.69, 9.17) is 0 Å². The van der Waals surface area contributed by atoms with E-state index in [1.807, 2.05) is 18.2 Å². The molecule has 0 unspecified atom stereocenters. The van der Waals surface area contributed by atoms with E-state index in [1.165, 1.54) is 24.3 Å². The average molecular weight is 430 g/mol. The maximum atomic E-state index is 14.3. The first kappa shape index (κ1) is 20.1. The molecule has 0 amide bonds. The molecule has 0 saturated heterocycles. The summed E-state index contributed by atoms with van der Waals surface area (Å²) in [6.07, 6.45) is 0. The van der Waals surface area contributed by atoms with Gasteiger partial charge in [-0.25, -0.2) is 8.78 Å². The minimum Gasteiger partial charge on any atom is -0.295 e. The zero-order valence-corrected chi connectivity index (χ0v) is 17.1. The summed E-state index contributed by atoms with van der Waals surface area (Å²) in [6.45, 7) is 3.53. The third-order valence-electron chi connectivity index (χ3n) is 5.97. The predicted octanol–water partition coefficient (Wildman–Crippen LogP) is 5.80. The molecule has 2 aliphatic rings. The molecule has 3 aromatic carbocycles. The van der Waals surface area contributed by atoms with Crippen molar-refractivity contribution >= 4 is 17.9 Å². The van der Waals surface area contributed by atoms with Gasteiger partial charge in [-0.05, 0) is 75.5 Å². The Morgan fingerprint density at radius 1 is 0.697 bits per heavy atom. The molecule has 0 radical (unpaired) electrons. The Kier molecular flexibility index (Phi) is 4.49. The number of fused-ring (bicyclic) bond motifs is 7. The van der Waals surface area contributed by atoms with Crippen molar-refractivity contribution in [3.63, 3.8) is 0 Å². The predicted molar refractivity (Wildman–Crippen MR) is 121 cm³/mol. The highest BCUT2D eigenvalue weighted by Gasteiger charge is 2.36. The summed E-state index contributed by atoms with van der Waals surface area (Å²) in [5.74, 6) is -0.945. The van der Waals surface area contributed by atoms with E-state index < -0.39 is 11.6 Å². The molecular formula is C27H12F2N4. The standard InChI is InChI=1S/C27H12F2N4/c1-33-13-15(12-32)25-22-8-16(28)2-4-18(22)19-6-7-21-24(14(10-30)11-31)23-9-17(29)3-5-20(23)26(21)27(19)25/h2-9H,1,13H2/b25-15-. The molecule has 4 nitrogen and oxygen atoms in total. The number of aliphatic imine (C=N–C) groups is 1. The van der Waals surface area contributed by atoms with Crippen molar-refractivity contribution in [1.29, 1.82) is 15.8 Å². The van der Waals surface area contributed by atoms with Gasteiger partial charge in [-0.2, -0.15) is 15.8 Å². The molecule has 0 spiro atoms. The molecule has 154 valence electrons. The van der Waals surface area contributed by atoms with Crippen molar-refractivity contribution in [2.24, 2.45) is 4.99 Å². The van der Waals surface area contributed by atoms with E-state index in [0.717, 1.165) is 11.1 Å². The van der Waals surface area contributed by atoms with Crippen molar-refractivity contribution in [2.45, 2.75) is 0 Å². The molecule has 33 heavy (non-hydrogen) atoms. The van der Waals surface area contributed by atoms with Crippen molar-refractivity contribution in [3.8, 4) is 40.5 Å². The van der Waals surface area contributed by atoms with Crippen LogP contribution >= 0.6 is 0 Å². The zero-order valence-electron chi connectivity index (χ0n) is 17.1. The molecule has 0 heterocycles. The van der Waals surface area contributed by atoms with E-state index >= 15 is 0 Å². The Hall–Kier alpha value is -4.86. The van der Waals surface area contributed by atoms with Crippen LogP contribution in [0.25, 0.3) is 33.4 Å². The van der Waals surface area contributed by atoms with Gasteiger partial charge in [-0.15, -0.1) is 0 Å². The molecule has 6 heteroatoms. The third kappa shape index (κ3) is 2.74. The maximum absolute atomic E-state index is 14.3. The van der Waals surface area contributed by atoms with Crippen molar-refractivity contribution in [2.75, 3.05) is 6.54 Å². The summed E-state index contributed by atoms with van der Waals surface area (Å²) in [6, 6.07) is 18.2. The topological polar surface area (TPSA) is 83.7 Å². The number of benzene rings is 3. The van der Waals surface area contributed by atoms with Crippen LogP contribution in [0.2, 0.25) is 0 Å². The summed E-state index contributed by atoms with van der Waals surface area (Å²) in [4.78, 5) is 3.87. The molecule has 0 aliphatic heterocycles. The van der Waals surface area contributed by atoms with Gasteiger partial charge in [0.1, 0.15) is 29.3 Å². The van der Waals surface area contributed by atoms with Gasteiger partial charge in [0, 0.05) is 11.1 Å². The van der Waals surface area contributed by atoms with Crippen LogP contribution in [-0.4, -0.2) is 13.3 Å². The summed E-state index contributed by atoms with van der Waals surface area (Å²) in [5.41, 5.74) is 6.12. The van der Waals surface area contributed by atoms with E-state index in [0.29, 0.717) is 50.1 Å². The monoisotopic (exact) mass is 430 g/mol. The Balaban J connectivity index is 1.99. The molecule has 2 aliphatic carbocycles. The van der Waals surface area contributed by atoms with Crippen LogP contribution in [0, 0.1) is 45.6 Å². The van der Waals surface area contributed by atoms with Gasteiger partial charge < -0.3 is 0 Å². The lowest BCUT2D eigenvalue weighted by Gasteiger charge is -2.12. The highest BCUT2D eigenvalue weighted by atomic mass is 19.1. The van der Waals surface area contributed by atoms with Crippen LogP contribution in [0.1, 0.15) is 22.3 Å². The van der Waals surface area contributed by atoms with Gasteiger partial charge in [0.2, 0.25) is 0 Å². The Morgan fingerprint density at radius 2 is 1.27 bits per heavy atom. The molecule has 0 saturated carbocycles. The van der Waals surface area contributed by atoms with Crippen LogP contribution in [0.3, 0.4) is 0 Å². The van der Waals surface area contributed by atoms with Crippen LogP contribution in [-0.2, 0) is 0 Å². The van der Waals surface area contributed by atoms with E-state index in [1.54, 1.807) is 18.2 Å². The lowest BCUT2D eigenvalue weighted by atomic mass is 9.90. The number of rotatable bonds is 2. The zero-order chi connectivity index (χ0) is 23.3. The summed E-state index contributed by atoms with van der Waals surface area (Å²) in [5, 5.41) is 29.1. The van der Waals surface area contributed by atoms with E-state index in [-0.39, 0.29) is 12.1 Å². The van der Waals surface area contributed by atoms with Crippen LogP contribution in [0.5, 0.6) is 0 Å². The number of halogens is 2. The Morgan fingerprint density at radius 3 is 1.88 bits per heavy atom. The van der Waals surface area contributed by atoms with E-state index in [2.05, 4.69) is 17.8 Å². The quantitative estimate of drug-likeness (QED) is 0.262. The summed E-state index contributed by atoms with van der Waals surface area (Å²) >= 11 is 0. The van der Waals surface area contributed by atoms with Crippen LogP contribution in [0.15, 0.2) is 64.7 Å². The average Bonchev–Trinajstić information content (AvgIpc) is 3.30. The Bertz CT molecular complexity index is 1590. The summed E-state index contributed by atoms with van der Waals surface area (Å²) in [7, 11) is 0. The van der Waals surface area contributed by atoms with Crippen LogP contribution in [0.4, 0.5) is 8.78 Å². The van der Waals surface area contributed by atoms with Gasteiger partial charge in [0.05, 0.1) is 18.2 Å². The first-order valence-corrected chi connectivity index (χ1v) is 9.92. The molecule has 0 aromatic heterocycles. The fourth-order valence-electron chi connectivity index (χ4n) is 4.76. The molecule has 0 bridgehead atoms. The fraction of sp³-hybridized carbons (Fsp3) is 0.0370. The first-order valence-electron chi connectivity index (χ1n) is 9.92. The first-order chi connectivity index (χ1) is 16.0. The van der Waals surface area contributed by atoms with Gasteiger partial charge in [0.15, 0.2) is 0 Å². The van der Waals surface area contributed by atoms with Gasteiger partial charge in [0.25, 0.3) is 0 Å². The Labute approximate surface area is 188 Å². The molecule has 0 atom stereocenters. The number of allylic oxidation sites excluding steroid dienone is 1. The second-order valence-corrected chi connectivity index (χ2v) is 7.61. The second kappa shape index (κ2) is 7.38. The number of nitriles is 3.